The summed E-state index contributed by atoms with van der Waals surface area (Å²) in [4.78, 5) is 12.3. The van der Waals surface area contributed by atoms with Gasteiger partial charge in [0.05, 0.1) is 29.5 Å². The average molecular weight is 435 g/mol. The van der Waals surface area contributed by atoms with Crippen molar-refractivity contribution >= 4 is 5.97 Å². The first kappa shape index (κ1) is 22.2. The van der Waals surface area contributed by atoms with Crippen LogP contribution in [0.3, 0.4) is 0 Å². The van der Waals surface area contributed by atoms with Crippen LogP contribution >= 0.6 is 0 Å². The Morgan fingerprint density at radius 1 is 1.03 bits per heavy atom. The molecule has 0 radical (unpaired) electrons. The maximum Gasteiger partial charge on any atom is 0.416 e. The molecule has 3 aromatic rings. The molecule has 0 amide bonds. The first-order valence-corrected chi connectivity index (χ1v) is 9.25. The molecule has 1 heterocycles. The van der Waals surface area contributed by atoms with Crippen LogP contribution in [0, 0.1) is 13.8 Å². The van der Waals surface area contributed by atoms with E-state index in [-0.39, 0.29) is 18.8 Å². The molecule has 31 heavy (non-hydrogen) atoms. The summed E-state index contributed by atoms with van der Waals surface area (Å²) >= 11 is 0. The molecule has 0 atom stereocenters. The highest BCUT2D eigenvalue weighted by Crippen LogP contribution is 2.31. The lowest BCUT2D eigenvalue weighted by atomic mass is 10.1. The summed E-state index contributed by atoms with van der Waals surface area (Å²) in [5, 5.41) is 3.87. The van der Waals surface area contributed by atoms with Gasteiger partial charge in [-0.25, -0.2) is 4.79 Å². The number of hydrogen-bond donors (Lipinski definition) is 0. The van der Waals surface area contributed by atoms with Gasteiger partial charge < -0.3 is 18.7 Å². The normalized spacial score (nSPS) is 11.3. The van der Waals surface area contributed by atoms with Gasteiger partial charge in [0.25, 0.3) is 0 Å². The lowest BCUT2D eigenvalue weighted by molar-refractivity contribution is -0.137. The van der Waals surface area contributed by atoms with Crippen molar-refractivity contribution in [3.8, 4) is 11.5 Å². The summed E-state index contributed by atoms with van der Waals surface area (Å²) < 4.78 is 59.2. The van der Waals surface area contributed by atoms with Gasteiger partial charge in [0.15, 0.2) is 11.5 Å². The van der Waals surface area contributed by atoms with Crippen LogP contribution in [-0.4, -0.2) is 18.2 Å². The predicted molar refractivity (Wildman–Crippen MR) is 104 cm³/mol. The number of rotatable bonds is 7. The van der Waals surface area contributed by atoms with Crippen LogP contribution in [0.15, 0.2) is 47.0 Å². The highest BCUT2D eigenvalue weighted by molar-refractivity contribution is 5.90. The maximum atomic E-state index is 12.6. The molecule has 0 spiro atoms. The zero-order valence-electron chi connectivity index (χ0n) is 17.1. The zero-order chi connectivity index (χ0) is 22.6. The van der Waals surface area contributed by atoms with E-state index in [4.69, 9.17) is 18.7 Å². The number of halogens is 3. The fourth-order valence-electron chi connectivity index (χ4n) is 2.79. The Kier molecular flexibility index (Phi) is 6.53. The Balaban J connectivity index is 1.63. The molecule has 6 nitrogen and oxygen atoms in total. The second-order valence-electron chi connectivity index (χ2n) is 6.73. The average Bonchev–Trinajstić information content (AvgIpc) is 3.07. The summed E-state index contributed by atoms with van der Waals surface area (Å²) in [5.41, 5.74) is 1.43. The SMILES string of the molecule is COc1cc(C(=O)OCc2ccc(C(F)(F)F)cc2)ccc1OCc1c(C)noc1C. The minimum Gasteiger partial charge on any atom is -0.493 e. The Labute approximate surface area is 176 Å². The molecular formula is C22H20F3NO5. The summed E-state index contributed by atoms with van der Waals surface area (Å²) in [7, 11) is 1.44. The number of alkyl halides is 3. The van der Waals surface area contributed by atoms with Gasteiger partial charge in [-0.15, -0.1) is 0 Å². The lowest BCUT2D eigenvalue weighted by Crippen LogP contribution is -2.07. The van der Waals surface area contributed by atoms with Gasteiger partial charge in [-0.1, -0.05) is 17.3 Å². The topological polar surface area (TPSA) is 70.8 Å². The Morgan fingerprint density at radius 3 is 2.32 bits per heavy atom. The van der Waals surface area contributed by atoms with Crippen molar-refractivity contribution in [2.24, 2.45) is 0 Å². The van der Waals surface area contributed by atoms with Gasteiger partial charge in [-0.3, -0.25) is 0 Å². The number of methoxy groups -OCH3 is 1. The minimum atomic E-state index is -4.42. The quantitative estimate of drug-likeness (QED) is 0.472. The van der Waals surface area contributed by atoms with Crippen LogP contribution in [0.25, 0.3) is 0 Å². The first-order valence-electron chi connectivity index (χ1n) is 9.25. The highest BCUT2D eigenvalue weighted by atomic mass is 19.4. The third-order valence-electron chi connectivity index (χ3n) is 4.60. The van der Waals surface area contributed by atoms with Crippen molar-refractivity contribution < 1.29 is 36.7 Å². The van der Waals surface area contributed by atoms with Crippen molar-refractivity contribution in [2.75, 3.05) is 7.11 Å². The molecule has 164 valence electrons. The second kappa shape index (κ2) is 9.11. The highest BCUT2D eigenvalue weighted by Gasteiger charge is 2.30. The van der Waals surface area contributed by atoms with E-state index in [1.54, 1.807) is 13.0 Å². The Morgan fingerprint density at radius 2 is 1.74 bits per heavy atom. The maximum absolute atomic E-state index is 12.6. The van der Waals surface area contributed by atoms with E-state index in [1.807, 2.05) is 6.92 Å². The molecule has 0 saturated heterocycles. The first-order chi connectivity index (χ1) is 14.7. The number of aromatic nitrogens is 1. The fraction of sp³-hybridized carbons (Fsp3) is 0.273. The minimum absolute atomic E-state index is 0.163. The molecule has 0 aliphatic rings. The Hall–Kier alpha value is -3.49. The number of carbonyl (C=O) groups is 1. The van der Waals surface area contributed by atoms with Crippen molar-refractivity contribution in [3.63, 3.8) is 0 Å². The third kappa shape index (κ3) is 5.36. The number of aryl methyl sites for hydroxylation is 2. The van der Waals surface area contributed by atoms with Gasteiger partial charge in [0, 0.05) is 0 Å². The molecular weight excluding hydrogens is 415 g/mol. The van der Waals surface area contributed by atoms with Crippen LogP contribution in [0.1, 0.15) is 38.5 Å². The summed E-state index contributed by atoms with van der Waals surface area (Å²) in [6.07, 6.45) is -4.42. The van der Waals surface area contributed by atoms with Gasteiger partial charge in [-0.2, -0.15) is 13.2 Å². The van der Waals surface area contributed by atoms with Crippen molar-refractivity contribution in [2.45, 2.75) is 33.2 Å². The molecule has 0 aliphatic carbocycles. The molecule has 0 N–H and O–H groups in total. The molecule has 0 bridgehead atoms. The molecule has 0 unspecified atom stereocenters. The summed E-state index contributed by atoms with van der Waals surface area (Å²) in [6, 6.07) is 8.98. The largest absolute Gasteiger partial charge is 0.493 e. The number of benzene rings is 2. The number of nitrogens with zero attached hydrogens (tertiary/aromatic N) is 1. The van der Waals surface area contributed by atoms with Gasteiger partial charge in [0.1, 0.15) is 19.0 Å². The van der Waals surface area contributed by atoms with Crippen molar-refractivity contribution in [1.82, 2.24) is 5.16 Å². The number of carbonyl (C=O) groups excluding carboxylic acids is 1. The van der Waals surface area contributed by atoms with Crippen molar-refractivity contribution in [3.05, 3.63) is 76.2 Å². The number of hydrogen-bond acceptors (Lipinski definition) is 6. The van der Waals surface area contributed by atoms with Crippen LogP contribution in [0.4, 0.5) is 13.2 Å². The summed E-state index contributed by atoms with van der Waals surface area (Å²) in [5.74, 6) is 0.757. The van der Waals surface area contributed by atoms with Gasteiger partial charge in [-0.05, 0) is 49.7 Å². The standard InChI is InChI=1S/C22H20F3NO5/c1-13-18(14(2)31-26-13)12-29-19-9-6-16(10-20(19)28-3)21(27)30-11-15-4-7-17(8-5-15)22(23,24)25/h4-10H,11-12H2,1-3H3. The second-order valence-corrected chi connectivity index (χ2v) is 6.73. The van der Waals surface area contributed by atoms with Crippen LogP contribution in [0.2, 0.25) is 0 Å². The van der Waals surface area contributed by atoms with E-state index in [0.29, 0.717) is 22.8 Å². The fourth-order valence-corrected chi connectivity index (χ4v) is 2.79. The molecule has 2 aromatic carbocycles. The van der Waals surface area contributed by atoms with E-state index < -0.39 is 17.7 Å². The molecule has 3 rings (SSSR count). The van der Waals surface area contributed by atoms with Crippen LogP contribution in [0.5, 0.6) is 11.5 Å². The summed E-state index contributed by atoms with van der Waals surface area (Å²) in [6.45, 7) is 3.65. The van der Waals surface area contributed by atoms with Crippen LogP contribution in [-0.2, 0) is 24.1 Å². The predicted octanol–water partition coefficient (Wildman–Crippen LogP) is 5.25. The third-order valence-corrected chi connectivity index (χ3v) is 4.60. The number of ether oxygens (including phenoxy) is 3. The van der Waals surface area contributed by atoms with Crippen molar-refractivity contribution in [1.29, 1.82) is 0 Å². The van der Waals surface area contributed by atoms with E-state index in [2.05, 4.69) is 5.16 Å². The Bertz CT molecular complexity index is 1040. The van der Waals surface area contributed by atoms with Gasteiger partial charge >= 0.3 is 12.1 Å². The molecule has 9 heteroatoms. The number of esters is 1. The smallest absolute Gasteiger partial charge is 0.416 e. The molecule has 1 aromatic heterocycles. The van der Waals surface area contributed by atoms with Gasteiger partial charge in [0.2, 0.25) is 0 Å². The monoisotopic (exact) mass is 435 g/mol. The molecule has 0 aliphatic heterocycles. The van der Waals surface area contributed by atoms with E-state index in [0.717, 1.165) is 23.4 Å². The van der Waals surface area contributed by atoms with E-state index in [1.165, 1.54) is 31.4 Å². The van der Waals surface area contributed by atoms with E-state index in [9.17, 15) is 18.0 Å². The zero-order valence-corrected chi connectivity index (χ0v) is 17.1. The molecule has 0 fully saturated rings. The lowest BCUT2D eigenvalue weighted by Gasteiger charge is -2.12. The molecule has 0 saturated carbocycles. The van der Waals surface area contributed by atoms with Crippen LogP contribution < -0.4 is 9.47 Å². The van der Waals surface area contributed by atoms with E-state index >= 15 is 0 Å².